The van der Waals surface area contributed by atoms with E-state index in [0.717, 1.165) is 12.5 Å². The average molecular weight is 298 g/mol. The van der Waals surface area contributed by atoms with Gasteiger partial charge in [0.05, 0.1) is 16.8 Å². The van der Waals surface area contributed by atoms with Crippen molar-refractivity contribution >= 4 is 17.6 Å². The van der Waals surface area contributed by atoms with Crippen molar-refractivity contribution in [2.75, 3.05) is 11.9 Å². The van der Waals surface area contributed by atoms with E-state index in [0.29, 0.717) is 25.5 Å². The fourth-order valence-corrected chi connectivity index (χ4v) is 2.51. The van der Waals surface area contributed by atoms with Gasteiger partial charge in [-0.25, -0.2) is 13.6 Å². The number of carbonyl (C=O) groups is 2. The molecule has 1 unspecified atom stereocenters. The smallest absolute Gasteiger partial charge is 0.338 e. The molecule has 0 aromatic heterocycles. The molecule has 1 aliphatic rings. The maximum absolute atomic E-state index is 13.7. The molecule has 3 N–H and O–H groups in total. The molecule has 5 nitrogen and oxygen atoms in total. The third kappa shape index (κ3) is 2.87. The second kappa shape index (κ2) is 5.77. The molecule has 21 heavy (non-hydrogen) atoms. The summed E-state index contributed by atoms with van der Waals surface area (Å²) in [6, 6.07) is 1.25. The largest absolute Gasteiger partial charge is 0.478 e. The van der Waals surface area contributed by atoms with Crippen LogP contribution in [0.25, 0.3) is 0 Å². The predicted octanol–water partition coefficient (Wildman–Crippen LogP) is 2.13. The minimum Gasteiger partial charge on any atom is -0.478 e. The Hall–Kier alpha value is -2.02. The molecule has 1 atom stereocenters. The van der Waals surface area contributed by atoms with Gasteiger partial charge in [-0.2, -0.15) is 0 Å². The Morgan fingerprint density at radius 1 is 1.38 bits per heavy atom. The Kier molecular flexibility index (Phi) is 4.22. The first-order valence-corrected chi connectivity index (χ1v) is 6.68. The average Bonchev–Trinajstić information content (AvgIpc) is 2.91. The number of carboxylic acid groups (broad SMARTS) is 1. The molecule has 2 rings (SSSR count). The van der Waals surface area contributed by atoms with E-state index < -0.39 is 34.6 Å². The molecule has 0 radical (unpaired) electrons. The van der Waals surface area contributed by atoms with Crippen molar-refractivity contribution in [1.29, 1.82) is 0 Å². The Labute approximate surface area is 120 Å². The van der Waals surface area contributed by atoms with E-state index in [1.807, 2.05) is 6.92 Å². The van der Waals surface area contributed by atoms with Crippen LogP contribution >= 0.6 is 0 Å². The van der Waals surface area contributed by atoms with Gasteiger partial charge in [0.15, 0.2) is 0 Å². The van der Waals surface area contributed by atoms with Gasteiger partial charge in [-0.1, -0.05) is 6.92 Å². The lowest BCUT2D eigenvalue weighted by molar-refractivity contribution is -0.122. The molecule has 114 valence electrons. The number of carbonyl (C=O) groups excluding carboxylic acids is 1. The fraction of sp³-hybridized carbons (Fsp3) is 0.429. The molecule has 1 saturated heterocycles. The lowest BCUT2D eigenvalue weighted by Crippen LogP contribution is -2.50. The van der Waals surface area contributed by atoms with E-state index >= 15 is 0 Å². The molecule has 1 aromatic carbocycles. The lowest BCUT2D eigenvalue weighted by Gasteiger charge is -2.26. The Morgan fingerprint density at radius 3 is 2.62 bits per heavy atom. The van der Waals surface area contributed by atoms with Crippen LogP contribution in [0.3, 0.4) is 0 Å². The number of amides is 1. The monoisotopic (exact) mass is 298 g/mol. The number of nitrogens with one attached hydrogen (secondary N) is 2. The Balaban J connectivity index is 2.29. The number of anilines is 1. The topological polar surface area (TPSA) is 78.4 Å². The molecule has 0 bridgehead atoms. The number of rotatable bonds is 4. The molecule has 0 spiro atoms. The maximum atomic E-state index is 13.7. The first-order chi connectivity index (χ1) is 9.89. The summed E-state index contributed by atoms with van der Waals surface area (Å²) in [6.07, 6.45) is 1.96. The van der Waals surface area contributed by atoms with Crippen LogP contribution in [-0.2, 0) is 4.79 Å². The maximum Gasteiger partial charge on any atom is 0.338 e. The van der Waals surface area contributed by atoms with Gasteiger partial charge in [0.2, 0.25) is 5.91 Å². The van der Waals surface area contributed by atoms with Crippen molar-refractivity contribution < 1.29 is 23.5 Å². The fourth-order valence-electron chi connectivity index (χ4n) is 2.51. The van der Waals surface area contributed by atoms with E-state index in [2.05, 4.69) is 10.6 Å². The van der Waals surface area contributed by atoms with Crippen LogP contribution in [0.2, 0.25) is 0 Å². The van der Waals surface area contributed by atoms with Crippen LogP contribution < -0.4 is 10.6 Å². The summed E-state index contributed by atoms with van der Waals surface area (Å²) in [7, 11) is 0. The van der Waals surface area contributed by atoms with Crippen molar-refractivity contribution in [1.82, 2.24) is 5.32 Å². The molecule has 0 saturated carbocycles. The van der Waals surface area contributed by atoms with Crippen LogP contribution in [0, 0.1) is 11.6 Å². The zero-order chi connectivity index (χ0) is 15.6. The number of halogens is 2. The minimum absolute atomic E-state index is 0.333. The van der Waals surface area contributed by atoms with Crippen molar-refractivity contribution in [3.63, 3.8) is 0 Å². The highest BCUT2D eigenvalue weighted by Crippen LogP contribution is 2.26. The molecular weight excluding hydrogens is 282 g/mol. The van der Waals surface area contributed by atoms with E-state index in [4.69, 9.17) is 5.11 Å². The number of hydrogen-bond acceptors (Lipinski definition) is 3. The normalized spacial score (nSPS) is 21.3. The quantitative estimate of drug-likeness (QED) is 0.795. The molecule has 1 aromatic rings. The summed E-state index contributed by atoms with van der Waals surface area (Å²) >= 11 is 0. The van der Waals surface area contributed by atoms with Crippen molar-refractivity contribution in [3.8, 4) is 0 Å². The highest BCUT2D eigenvalue weighted by Gasteiger charge is 2.39. The van der Waals surface area contributed by atoms with Gasteiger partial charge in [-0.15, -0.1) is 0 Å². The molecule has 1 heterocycles. The zero-order valence-electron chi connectivity index (χ0n) is 11.5. The Bertz CT molecular complexity index is 584. The zero-order valence-corrected chi connectivity index (χ0v) is 11.5. The lowest BCUT2D eigenvalue weighted by atomic mass is 9.93. The summed E-state index contributed by atoms with van der Waals surface area (Å²) in [5.74, 6) is -4.14. The van der Waals surface area contributed by atoms with E-state index in [-0.39, 0.29) is 5.69 Å². The second-order valence-corrected chi connectivity index (χ2v) is 5.04. The van der Waals surface area contributed by atoms with Gasteiger partial charge in [-0.05, 0) is 31.9 Å². The van der Waals surface area contributed by atoms with Crippen molar-refractivity contribution in [3.05, 3.63) is 29.3 Å². The first-order valence-electron chi connectivity index (χ1n) is 6.68. The molecule has 1 amide bonds. The van der Waals surface area contributed by atoms with Gasteiger partial charge in [0.1, 0.15) is 11.6 Å². The van der Waals surface area contributed by atoms with Gasteiger partial charge >= 0.3 is 5.97 Å². The van der Waals surface area contributed by atoms with Crippen LogP contribution in [0.5, 0.6) is 0 Å². The van der Waals surface area contributed by atoms with Crippen LogP contribution in [0.4, 0.5) is 14.5 Å². The van der Waals surface area contributed by atoms with Gasteiger partial charge < -0.3 is 15.7 Å². The standard InChI is InChI=1S/C14H16F2N2O3/c1-2-14(4-3-5-17-14)13(21)18-11-6-8(12(19)20)9(15)7-10(11)16/h6-7,17H,2-5H2,1H3,(H,18,21)(H,19,20). The second-order valence-electron chi connectivity index (χ2n) is 5.04. The van der Waals surface area contributed by atoms with E-state index in [9.17, 15) is 18.4 Å². The highest BCUT2D eigenvalue weighted by atomic mass is 19.1. The number of hydrogen-bond donors (Lipinski definition) is 3. The van der Waals surface area contributed by atoms with Crippen LogP contribution in [0.15, 0.2) is 12.1 Å². The number of benzene rings is 1. The molecular formula is C14H16F2N2O3. The predicted molar refractivity (Wildman–Crippen MR) is 72.2 cm³/mol. The molecule has 1 fully saturated rings. The van der Waals surface area contributed by atoms with Crippen molar-refractivity contribution in [2.24, 2.45) is 0 Å². The number of carboxylic acids is 1. The van der Waals surface area contributed by atoms with Gasteiger partial charge in [0, 0.05) is 6.07 Å². The third-order valence-electron chi connectivity index (χ3n) is 3.82. The summed E-state index contributed by atoms with van der Waals surface area (Å²) in [5.41, 5.74) is -1.80. The van der Waals surface area contributed by atoms with Gasteiger partial charge in [-0.3, -0.25) is 4.79 Å². The van der Waals surface area contributed by atoms with Crippen LogP contribution in [-0.4, -0.2) is 29.1 Å². The number of aromatic carboxylic acids is 1. The molecule has 0 aliphatic carbocycles. The summed E-state index contributed by atoms with van der Waals surface area (Å²) < 4.78 is 27.0. The van der Waals surface area contributed by atoms with Crippen molar-refractivity contribution in [2.45, 2.75) is 31.7 Å². The summed E-state index contributed by atoms with van der Waals surface area (Å²) in [5, 5.41) is 14.3. The summed E-state index contributed by atoms with van der Waals surface area (Å²) in [4.78, 5) is 23.2. The highest BCUT2D eigenvalue weighted by molar-refractivity contribution is 5.99. The molecule has 7 heteroatoms. The van der Waals surface area contributed by atoms with E-state index in [1.165, 1.54) is 0 Å². The SMILES string of the molecule is CCC1(C(=O)Nc2cc(C(=O)O)c(F)cc2F)CCCN1. The first kappa shape index (κ1) is 15.4. The van der Waals surface area contributed by atoms with E-state index in [1.54, 1.807) is 0 Å². The third-order valence-corrected chi connectivity index (χ3v) is 3.82. The summed E-state index contributed by atoms with van der Waals surface area (Å²) in [6.45, 7) is 2.52. The molecule has 1 aliphatic heterocycles. The van der Waals surface area contributed by atoms with Gasteiger partial charge in [0.25, 0.3) is 0 Å². The van der Waals surface area contributed by atoms with Crippen LogP contribution in [0.1, 0.15) is 36.5 Å². The Morgan fingerprint density at radius 2 is 2.10 bits per heavy atom. The minimum atomic E-state index is -1.52.